The van der Waals surface area contributed by atoms with Gasteiger partial charge in [0.05, 0.1) is 0 Å². The van der Waals surface area contributed by atoms with Gasteiger partial charge < -0.3 is 10.6 Å². The Balaban J connectivity index is 1.81. The van der Waals surface area contributed by atoms with Crippen molar-refractivity contribution in [2.75, 3.05) is 13.1 Å². The van der Waals surface area contributed by atoms with Crippen LogP contribution in [0.3, 0.4) is 0 Å². The lowest BCUT2D eigenvalue weighted by molar-refractivity contribution is -0.121. The molecular formula is C14H18F2N2O. The van der Waals surface area contributed by atoms with Crippen molar-refractivity contribution in [1.82, 2.24) is 10.6 Å². The predicted molar refractivity (Wildman–Crippen MR) is 68.7 cm³/mol. The van der Waals surface area contributed by atoms with Crippen molar-refractivity contribution in [3.8, 4) is 0 Å². The zero-order valence-corrected chi connectivity index (χ0v) is 10.7. The largest absolute Gasteiger partial charge is 0.352 e. The number of hydrogen-bond acceptors (Lipinski definition) is 2. The monoisotopic (exact) mass is 268 g/mol. The Bertz CT molecular complexity index is 445. The lowest BCUT2D eigenvalue weighted by atomic mass is 10.1. The highest BCUT2D eigenvalue weighted by Gasteiger charge is 2.16. The third kappa shape index (κ3) is 3.99. The van der Waals surface area contributed by atoms with E-state index >= 15 is 0 Å². The van der Waals surface area contributed by atoms with Gasteiger partial charge in [-0.1, -0.05) is 12.1 Å². The van der Waals surface area contributed by atoms with E-state index in [0.717, 1.165) is 32.0 Å². The lowest BCUT2D eigenvalue weighted by Crippen LogP contribution is -2.45. The Morgan fingerprint density at radius 3 is 3.00 bits per heavy atom. The minimum atomic E-state index is -0.866. The minimum absolute atomic E-state index is 0.114. The number of aryl methyl sites for hydroxylation is 1. The number of piperidine rings is 1. The van der Waals surface area contributed by atoms with Crippen LogP contribution >= 0.6 is 0 Å². The van der Waals surface area contributed by atoms with E-state index < -0.39 is 11.6 Å². The zero-order valence-electron chi connectivity index (χ0n) is 10.7. The Kier molecular flexibility index (Phi) is 4.85. The molecule has 1 aliphatic heterocycles. The van der Waals surface area contributed by atoms with Crippen molar-refractivity contribution >= 4 is 5.91 Å². The van der Waals surface area contributed by atoms with Gasteiger partial charge in [0, 0.05) is 19.0 Å². The van der Waals surface area contributed by atoms with E-state index in [9.17, 15) is 13.6 Å². The van der Waals surface area contributed by atoms with E-state index in [1.165, 1.54) is 12.1 Å². The first-order chi connectivity index (χ1) is 9.16. The second-order valence-corrected chi connectivity index (χ2v) is 4.82. The summed E-state index contributed by atoms with van der Waals surface area (Å²) in [5.41, 5.74) is 0.247. The van der Waals surface area contributed by atoms with Gasteiger partial charge in [0.2, 0.25) is 5.91 Å². The van der Waals surface area contributed by atoms with Gasteiger partial charge in [-0.3, -0.25) is 4.79 Å². The topological polar surface area (TPSA) is 41.1 Å². The fourth-order valence-corrected chi connectivity index (χ4v) is 2.26. The fraction of sp³-hybridized carbons (Fsp3) is 0.500. The number of carbonyl (C=O) groups is 1. The molecule has 1 heterocycles. The van der Waals surface area contributed by atoms with Crippen LogP contribution in [0.4, 0.5) is 8.78 Å². The van der Waals surface area contributed by atoms with Crippen molar-refractivity contribution < 1.29 is 13.6 Å². The molecule has 0 saturated carbocycles. The Morgan fingerprint density at radius 2 is 2.26 bits per heavy atom. The molecule has 19 heavy (non-hydrogen) atoms. The summed E-state index contributed by atoms with van der Waals surface area (Å²) in [5, 5.41) is 6.11. The molecule has 1 aliphatic rings. The molecule has 104 valence electrons. The van der Waals surface area contributed by atoms with Gasteiger partial charge in [-0.15, -0.1) is 0 Å². The van der Waals surface area contributed by atoms with E-state index in [4.69, 9.17) is 0 Å². The molecule has 1 aromatic rings. The van der Waals surface area contributed by atoms with Crippen LogP contribution in [0.25, 0.3) is 0 Å². The van der Waals surface area contributed by atoms with Crippen LogP contribution in [0.2, 0.25) is 0 Å². The number of hydrogen-bond donors (Lipinski definition) is 2. The molecule has 0 aromatic heterocycles. The number of carbonyl (C=O) groups excluding carboxylic acids is 1. The summed E-state index contributed by atoms with van der Waals surface area (Å²) in [4.78, 5) is 11.7. The second kappa shape index (κ2) is 6.61. The average molecular weight is 268 g/mol. The van der Waals surface area contributed by atoms with Crippen LogP contribution in [0.1, 0.15) is 24.8 Å². The highest BCUT2D eigenvalue weighted by molar-refractivity contribution is 5.76. The van der Waals surface area contributed by atoms with E-state index in [2.05, 4.69) is 10.6 Å². The Labute approximate surface area is 111 Å². The Hall–Kier alpha value is -1.49. The molecule has 1 atom stereocenters. The van der Waals surface area contributed by atoms with E-state index in [1.807, 2.05) is 0 Å². The van der Waals surface area contributed by atoms with Crippen LogP contribution in [-0.4, -0.2) is 25.0 Å². The molecule has 2 rings (SSSR count). The number of nitrogens with one attached hydrogen (secondary N) is 2. The maximum Gasteiger partial charge on any atom is 0.220 e. The highest BCUT2D eigenvalue weighted by atomic mass is 19.2. The first kappa shape index (κ1) is 13.9. The molecule has 2 N–H and O–H groups in total. The van der Waals surface area contributed by atoms with Crippen molar-refractivity contribution in [3.63, 3.8) is 0 Å². The van der Waals surface area contributed by atoms with Gasteiger partial charge >= 0.3 is 0 Å². The summed E-state index contributed by atoms with van der Waals surface area (Å²) >= 11 is 0. The van der Waals surface area contributed by atoms with E-state index in [0.29, 0.717) is 0 Å². The minimum Gasteiger partial charge on any atom is -0.352 e. The molecular weight excluding hydrogens is 250 g/mol. The summed E-state index contributed by atoms with van der Waals surface area (Å²) < 4.78 is 26.4. The molecule has 0 aliphatic carbocycles. The van der Waals surface area contributed by atoms with E-state index in [-0.39, 0.29) is 30.4 Å². The SMILES string of the molecule is O=C(CCc1cccc(F)c1F)NC1CCCNC1. The van der Waals surface area contributed by atoms with Crippen molar-refractivity contribution in [1.29, 1.82) is 0 Å². The summed E-state index contributed by atoms with van der Waals surface area (Å²) in [7, 11) is 0. The van der Waals surface area contributed by atoms with Crippen molar-refractivity contribution in [3.05, 3.63) is 35.4 Å². The van der Waals surface area contributed by atoms with Crippen LogP contribution in [0.15, 0.2) is 18.2 Å². The van der Waals surface area contributed by atoms with Crippen molar-refractivity contribution in [2.24, 2.45) is 0 Å². The van der Waals surface area contributed by atoms with Crippen LogP contribution in [-0.2, 0) is 11.2 Å². The molecule has 3 nitrogen and oxygen atoms in total. The van der Waals surface area contributed by atoms with Crippen LogP contribution in [0, 0.1) is 11.6 Å². The maximum absolute atomic E-state index is 13.4. The maximum atomic E-state index is 13.4. The summed E-state index contributed by atoms with van der Waals surface area (Å²) in [6.07, 6.45) is 2.41. The molecule has 0 radical (unpaired) electrons. The number of benzene rings is 1. The summed E-state index contributed by atoms with van der Waals surface area (Å²) in [5.74, 6) is -1.83. The molecule has 1 fully saturated rings. The fourth-order valence-electron chi connectivity index (χ4n) is 2.26. The van der Waals surface area contributed by atoms with Crippen molar-refractivity contribution in [2.45, 2.75) is 31.7 Å². The second-order valence-electron chi connectivity index (χ2n) is 4.82. The molecule has 1 aromatic carbocycles. The van der Waals surface area contributed by atoms with Gasteiger partial charge in [-0.2, -0.15) is 0 Å². The molecule has 0 bridgehead atoms. The van der Waals surface area contributed by atoms with Gasteiger partial charge in [-0.05, 0) is 37.4 Å². The molecule has 0 spiro atoms. The quantitative estimate of drug-likeness (QED) is 0.873. The first-order valence-electron chi connectivity index (χ1n) is 6.60. The lowest BCUT2D eigenvalue weighted by Gasteiger charge is -2.23. The number of amides is 1. The smallest absolute Gasteiger partial charge is 0.220 e. The zero-order chi connectivity index (χ0) is 13.7. The molecule has 1 amide bonds. The standard InChI is InChI=1S/C14H18F2N2O/c15-12-5-1-3-10(14(12)16)6-7-13(19)18-11-4-2-8-17-9-11/h1,3,5,11,17H,2,4,6-9H2,(H,18,19). The molecule has 5 heteroatoms. The van der Waals surface area contributed by atoms with Gasteiger partial charge in [0.15, 0.2) is 11.6 Å². The first-order valence-corrected chi connectivity index (χ1v) is 6.60. The van der Waals surface area contributed by atoms with Crippen LogP contribution in [0.5, 0.6) is 0 Å². The normalized spacial score (nSPS) is 19.2. The van der Waals surface area contributed by atoms with Gasteiger partial charge in [-0.25, -0.2) is 8.78 Å². The molecule has 1 saturated heterocycles. The summed E-state index contributed by atoms with van der Waals surface area (Å²) in [6, 6.07) is 4.19. The highest BCUT2D eigenvalue weighted by Crippen LogP contribution is 2.13. The van der Waals surface area contributed by atoms with Gasteiger partial charge in [0.1, 0.15) is 0 Å². The number of halogens is 2. The van der Waals surface area contributed by atoms with Crippen LogP contribution < -0.4 is 10.6 Å². The predicted octanol–water partition coefficient (Wildman–Crippen LogP) is 1.77. The summed E-state index contributed by atoms with van der Waals surface area (Å²) in [6.45, 7) is 1.76. The third-order valence-corrected chi connectivity index (χ3v) is 3.31. The molecule has 1 unspecified atom stereocenters. The third-order valence-electron chi connectivity index (χ3n) is 3.31. The number of rotatable bonds is 4. The Morgan fingerprint density at radius 1 is 1.42 bits per heavy atom. The van der Waals surface area contributed by atoms with Gasteiger partial charge in [0.25, 0.3) is 0 Å². The average Bonchev–Trinajstić information content (AvgIpc) is 2.42. The van der Waals surface area contributed by atoms with E-state index in [1.54, 1.807) is 0 Å².